The normalized spacial score (nSPS) is 15.1. The van der Waals surface area contributed by atoms with Crippen LogP contribution in [0, 0.1) is 0 Å². The topological polar surface area (TPSA) is 126 Å². The molecule has 5 aromatic rings. The average Bonchev–Trinajstić information content (AvgIpc) is 3.51. The Morgan fingerprint density at radius 3 is 1.94 bits per heavy atom. The summed E-state index contributed by atoms with van der Waals surface area (Å²) >= 11 is 0. The molecule has 0 radical (unpaired) electrons. The number of rotatable bonds is 10. The number of fused-ring (bicyclic) bond motifs is 1. The largest absolute Gasteiger partial charge is 0.468 e. The smallest absolute Gasteiger partial charge is 0.338 e. The van der Waals surface area contributed by atoms with Crippen molar-refractivity contribution in [2.45, 2.75) is 63.4 Å². The first-order valence-corrected chi connectivity index (χ1v) is 16.7. The van der Waals surface area contributed by atoms with Gasteiger partial charge in [-0.15, -0.1) is 0 Å². The Morgan fingerprint density at radius 1 is 0.860 bits per heavy atom. The molecule has 2 heterocycles. The van der Waals surface area contributed by atoms with Crippen LogP contribution in [0.25, 0.3) is 0 Å². The number of hydrogen-bond acceptors (Lipinski definition) is 8. The highest BCUT2D eigenvalue weighted by molar-refractivity contribution is 5.98. The van der Waals surface area contributed by atoms with E-state index in [0.717, 1.165) is 22.4 Å². The molecule has 0 saturated carbocycles. The van der Waals surface area contributed by atoms with Gasteiger partial charge >= 0.3 is 11.9 Å². The lowest BCUT2D eigenvalue weighted by Crippen LogP contribution is -2.46. The van der Waals surface area contributed by atoms with E-state index < -0.39 is 35.2 Å². The number of carbonyl (C=O) groups is 3. The van der Waals surface area contributed by atoms with Crippen LogP contribution in [0.3, 0.4) is 0 Å². The number of Topliss-reactive ketones (excluding diaryl/α,β-unsaturated/α-hetero) is 1. The molecule has 50 heavy (non-hydrogen) atoms. The van der Waals surface area contributed by atoms with Gasteiger partial charge in [0.1, 0.15) is 17.2 Å². The molecule has 256 valence electrons. The number of ether oxygens (including phenoxy) is 2. The monoisotopic (exact) mass is 670 g/mol. The van der Waals surface area contributed by atoms with Crippen LogP contribution in [0.4, 0.5) is 0 Å². The third-order valence-electron chi connectivity index (χ3n) is 8.94. The number of ketones is 1. The van der Waals surface area contributed by atoms with Gasteiger partial charge in [-0.2, -0.15) is 0 Å². The quantitative estimate of drug-likeness (QED) is 0.112. The molecule has 0 saturated heterocycles. The van der Waals surface area contributed by atoms with Crippen molar-refractivity contribution < 1.29 is 23.9 Å². The number of aromatic nitrogens is 2. The minimum atomic E-state index is -1.05. The molecule has 1 aliphatic rings. The molecule has 0 fully saturated rings. The molecule has 4 aromatic carbocycles. The summed E-state index contributed by atoms with van der Waals surface area (Å²) in [7, 11) is 1.36. The Balaban J connectivity index is 1.53. The number of esters is 2. The second-order valence-corrected chi connectivity index (χ2v) is 13.5. The summed E-state index contributed by atoms with van der Waals surface area (Å²) < 4.78 is 12.7. The van der Waals surface area contributed by atoms with E-state index in [4.69, 9.17) is 20.2 Å². The van der Waals surface area contributed by atoms with Crippen LogP contribution in [-0.2, 0) is 39.2 Å². The van der Waals surface area contributed by atoms with E-state index in [0.29, 0.717) is 16.8 Å². The minimum absolute atomic E-state index is 0.158. The maximum atomic E-state index is 14.8. The van der Waals surface area contributed by atoms with Crippen molar-refractivity contribution in [2.75, 3.05) is 7.11 Å². The molecule has 0 bridgehead atoms. The second-order valence-electron chi connectivity index (χ2n) is 13.5. The van der Waals surface area contributed by atoms with Crippen LogP contribution >= 0.6 is 0 Å². The Labute approximate surface area is 292 Å². The molecule has 9 nitrogen and oxygen atoms in total. The molecular weight excluding hydrogens is 628 g/mol. The summed E-state index contributed by atoms with van der Waals surface area (Å²) in [6.45, 7) is 5.70. The minimum Gasteiger partial charge on any atom is -0.468 e. The Morgan fingerprint density at radius 2 is 1.42 bits per heavy atom. The number of nitrogens with zero attached hydrogens (tertiary/aromatic N) is 2. The number of benzene rings is 4. The van der Waals surface area contributed by atoms with E-state index in [-0.39, 0.29) is 31.0 Å². The fourth-order valence-electron chi connectivity index (χ4n) is 6.76. The van der Waals surface area contributed by atoms with Gasteiger partial charge in [-0.1, -0.05) is 103 Å². The van der Waals surface area contributed by atoms with Gasteiger partial charge in [-0.25, -0.2) is 9.78 Å². The first kappa shape index (κ1) is 34.5. The van der Waals surface area contributed by atoms with Gasteiger partial charge in [-0.05, 0) is 61.6 Å². The first-order chi connectivity index (χ1) is 24.0. The van der Waals surface area contributed by atoms with Crippen molar-refractivity contribution in [3.63, 3.8) is 0 Å². The lowest BCUT2D eigenvalue weighted by atomic mass is 9.76. The standard InChI is InChI=1S/C41H42N4O5/c1-40(2,3)50-38(47)28-16-14-15-27(23-28)24-32(42)36(46)37-44-33-25-34(39(48)49-4)43-26-35(33)45(37)41(29-17-8-5-9-18-29,30-19-10-6-11-20-30)31-21-12-7-13-22-31/h5-23,32,34,43H,24-26,42H2,1-4H3/t32-,34?/m0/s1. The predicted molar refractivity (Wildman–Crippen MR) is 191 cm³/mol. The average molecular weight is 671 g/mol. The zero-order valence-electron chi connectivity index (χ0n) is 28.8. The summed E-state index contributed by atoms with van der Waals surface area (Å²) in [4.78, 5) is 45.4. The van der Waals surface area contributed by atoms with E-state index in [2.05, 4.69) is 41.7 Å². The molecule has 2 atom stereocenters. The van der Waals surface area contributed by atoms with Crippen molar-refractivity contribution in [2.24, 2.45) is 5.73 Å². The summed E-state index contributed by atoms with van der Waals surface area (Å²) in [6, 6.07) is 35.5. The molecule has 1 unspecified atom stereocenters. The van der Waals surface area contributed by atoms with Gasteiger partial charge in [0.15, 0.2) is 5.82 Å². The molecule has 3 N–H and O–H groups in total. The summed E-state index contributed by atoms with van der Waals surface area (Å²) in [5.41, 5.74) is 10.3. The van der Waals surface area contributed by atoms with Crippen molar-refractivity contribution in [1.29, 1.82) is 0 Å². The Bertz CT molecular complexity index is 1890. The number of imidazole rings is 1. The van der Waals surface area contributed by atoms with Gasteiger partial charge in [0.05, 0.1) is 30.1 Å². The number of nitrogens with two attached hydrogens (primary N) is 1. The molecular formula is C41H42N4O5. The third kappa shape index (κ3) is 6.75. The SMILES string of the molecule is COC(=O)C1Cc2nc(C(=O)[C@@H](N)Cc3cccc(C(=O)OC(C)(C)C)c3)n(C(c3ccccc3)(c3ccccc3)c3ccccc3)c2CN1. The van der Waals surface area contributed by atoms with E-state index in [1.54, 1.807) is 18.2 Å². The van der Waals surface area contributed by atoms with Crippen molar-refractivity contribution >= 4 is 17.7 Å². The van der Waals surface area contributed by atoms with E-state index in [1.165, 1.54) is 7.11 Å². The third-order valence-corrected chi connectivity index (χ3v) is 8.94. The summed E-state index contributed by atoms with van der Waals surface area (Å²) in [6.07, 6.45) is 0.391. The lowest BCUT2D eigenvalue weighted by Gasteiger charge is -2.40. The number of nitrogens with one attached hydrogen (secondary N) is 1. The molecule has 0 aliphatic carbocycles. The van der Waals surface area contributed by atoms with Crippen molar-refractivity contribution in [3.8, 4) is 0 Å². The molecule has 1 aromatic heterocycles. The van der Waals surface area contributed by atoms with Crippen LogP contribution in [-0.4, -0.2) is 52.1 Å². The van der Waals surface area contributed by atoms with E-state index >= 15 is 0 Å². The van der Waals surface area contributed by atoms with Gasteiger partial charge in [0.25, 0.3) is 0 Å². The van der Waals surface area contributed by atoms with Gasteiger partial charge < -0.3 is 19.8 Å². The van der Waals surface area contributed by atoms with Crippen LogP contribution in [0.5, 0.6) is 0 Å². The zero-order chi connectivity index (χ0) is 35.5. The van der Waals surface area contributed by atoms with E-state index in [1.807, 2.05) is 86.0 Å². The van der Waals surface area contributed by atoms with Crippen LogP contribution in [0.15, 0.2) is 115 Å². The van der Waals surface area contributed by atoms with Crippen LogP contribution in [0.2, 0.25) is 0 Å². The molecule has 0 amide bonds. The molecule has 1 aliphatic heterocycles. The number of methoxy groups -OCH3 is 1. The highest BCUT2D eigenvalue weighted by atomic mass is 16.6. The molecule has 0 spiro atoms. The second kappa shape index (κ2) is 14.2. The Kier molecular flexibility index (Phi) is 9.81. The summed E-state index contributed by atoms with van der Waals surface area (Å²) in [5, 5.41) is 3.33. The fraction of sp³-hybridized carbons (Fsp3) is 0.268. The van der Waals surface area contributed by atoms with Crippen molar-refractivity contribution in [3.05, 3.63) is 160 Å². The maximum Gasteiger partial charge on any atom is 0.338 e. The first-order valence-electron chi connectivity index (χ1n) is 16.7. The van der Waals surface area contributed by atoms with Gasteiger partial charge in [0, 0.05) is 13.0 Å². The highest BCUT2D eigenvalue weighted by Gasteiger charge is 2.45. The highest BCUT2D eigenvalue weighted by Crippen LogP contribution is 2.44. The van der Waals surface area contributed by atoms with E-state index in [9.17, 15) is 14.4 Å². The van der Waals surface area contributed by atoms with Gasteiger partial charge in [0.2, 0.25) is 5.78 Å². The zero-order valence-corrected chi connectivity index (χ0v) is 28.8. The maximum absolute atomic E-state index is 14.8. The number of carbonyl (C=O) groups excluding carboxylic acids is 3. The number of hydrogen-bond donors (Lipinski definition) is 2. The van der Waals surface area contributed by atoms with Crippen LogP contribution < -0.4 is 11.1 Å². The Hall–Kier alpha value is -5.38. The van der Waals surface area contributed by atoms with Crippen LogP contribution in [0.1, 0.15) is 75.4 Å². The molecule has 9 heteroatoms. The summed E-state index contributed by atoms with van der Waals surface area (Å²) in [5.74, 6) is -1.05. The predicted octanol–water partition coefficient (Wildman–Crippen LogP) is 5.62. The van der Waals surface area contributed by atoms with Gasteiger partial charge in [-0.3, -0.25) is 14.9 Å². The lowest BCUT2D eigenvalue weighted by molar-refractivity contribution is -0.143. The van der Waals surface area contributed by atoms with Crippen molar-refractivity contribution in [1.82, 2.24) is 14.9 Å². The fourth-order valence-corrected chi connectivity index (χ4v) is 6.76. The molecule has 6 rings (SSSR count).